The molecule has 184 valence electrons. The van der Waals surface area contributed by atoms with E-state index in [2.05, 4.69) is 27.0 Å². The topological polar surface area (TPSA) is 48.6 Å². The molecule has 2 aliphatic heterocycles. The molecule has 2 aliphatic rings. The zero-order chi connectivity index (χ0) is 24.9. The van der Waals surface area contributed by atoms with E-state index in [0.717, 1.165) is 26.2 Å². The molecule has 2 aromatic carbocycles. The van der Waals surface area contributed by atoms with Gasteiger partial charge in [-0.05, 0) is 49.6 Å². The smallest absolute Gasteiger partial charge is 0.314 e. The predicted octanol–water partition coefficient (Wildman–Crippen LogP) is 5.66. The summed E-state index contributed by atoms with van der Waals surface area (Å²) in [5, 5.41) is 8.19. The maximum Gasteiger partial charge on any atom is 0.314 e. The number of anilines is 1. The van der Waals surface area contributed by atoms with E-state index in [1.54, 1.807) is 30.3 Å². The Morgan fingerprint density at radius 3 is 2.46 bits per heavy atom. The number of alkyl halides is 2. The summed E-state index contributed by atoms with van der Waals surface area (Å²) in [6.45, 7) is 3.84. The zero-order valence-electron chi connectivity index (χ0n) is 18.5. The lowest BCUT2D eigenvalue weighted by atomic mass is 9.73. The van der Waals surface area contributed by atoms with E-state index >= 15 is 4.39 Å². The monoisotopic (exact) mass is 541 g/mol. The van der Waals surface area contributed by atoms with Crippen LogP contribution in [0.1, 0.15) is 17.9 Å². The van der Waals surface area contributed by atoms with Crippen LogP contribution in [0.2, 0.25) is 10.0 Å². The second-order valence-corrected chi connectivity index (χ2v) is 10.2. The highest BCUT2D eigenvalue weighted by Gasteiger charge is 2.51. The summed E-state index contributed by atoms with van der Waals surface area (Å²) in [5.74, 6) is -1.56. The first-order valence-electron chi connectivity index (χ1n) is 10.7. The number of hydrogen-bond donors (Lipinski definition) is 0. The minimum atomic E-state index is -2.90. The number of halogens is 5. The standard InChI is InChI=1S/C23H20Cl2F3N5OS/c1-31-9-23(10-31)11-32(12-23)22(35)33(15-4-5-16(24)17(25)7-15)8-14-3-2-13(6-18(14)26)20-29-30-21(34-20)19(27)28/h2-7,19H,8-12H2,1H3. The molecule has 2 fully saturated rings. The van der Waals surface area contributed by atoms with Crippen LogP contribution in [0.25, 0.3) is 11.5 Å². The first-order chi connectivity index (χ1) is 16.6. The Labute approximate surface area is 215 Å². The van der Waals surface area contributed by atoms with Crippen molar-refractivity contribution in [3.05, 3.63) is 63.7 Å². The van der Waals surface area contributed by atoms with Gasteiger partial charge in [0, 0.05) is 48.4 Å². The molecule has 12 heteroatoms. The van der Waals surface area contributed by atoms with Gasteiger partial charge < -0.3 is 19.1 Å². The number of likely N-dealkylation sites (tertiary alicyclic amines) is 2. The van der Waals surface area contributed by atoms with Crippen LogP contribution in [0, 0.1) is 11.2 Å². The lowest BCUT2D eigenvalue weighted by Crippen LogP contribution is -2.73. The van der Waals surface area contributed by atoms with E-state index in [1.165, 1.54) is 6.07 Å². The van der Waals surface area contributed by atoms with E-state index in [1.807, 2.05) is 4.90 Å². The van der Waals surface area contributed by atoms with Crippen molar-refractivity contribution in [3.63, 3.8) is 0 Å². The fourth-order valence-electron chi connectivity index (χ4n) is 4.71. The molecule has 1 spiro atoms. The molecule has 0 unspecified atom stereocenters. The first kappa shape index (κ1) is 24.3. The third-order valence-electron chi connectivity index (χ3n) is 6.24. The van der Waals surface area contributed by atoms with Gasteiger partial charge in [-0.2, -0.15) is 8.78 Å². The summed E-state index contributed by atoms with van der Waals surface area (Å²) in [5.41, 5.74) is 1.48. The van der Waals surface area contributed by atoms with Crippen LogP contribution in [0.5, 0.6) is 0 Å². The van der Waals surface area contributed by atoms with Gasteiger partial charge in [-0.25, -0.2) is 4.39 Å². The predicted molar refractivity (Wildman–Crippen MR) is 131 cm³/mol. The highest BCUT2D eigenvalue weighted by Crippen LogP contribution is 2.40. The summed E-state index contributed by atoms with van der Waals surface area (Å²) in [6, 6.07) is 9.41. The molecule has 0 saturated carbocycles. The second-order valence-electron chi connectivity index (χ2n) is 9.05. The third-order valence-corrected chi connectivity index (χ3v) is 7.45. The summed E-state index contributed by atoms with van der Waals surface area (Å²) in [7, 11) is 2.09. The van der Waals surface area contributed by atoms with E-state index in [4.69, 9.17) is 39.8 Å². The molecular weight excluding hydrogens is 522 g/mol. The average molecular weight is 542 g/mol. The molecule has 0 radical (unpaired) electrons. The maximum atomic E-state index is 15.1. The summed E-state index contributed by atoms with van der Waals surface area (Å²) >= 11 is 18.2. The molecule has 3 aromatic rings. The van der Waals surface area contributed by atoms with Gasteiger partial charge in [-0.3, -0.25) is 0 Å². The Morgan fingerprint density at radius 1 is 1.11 bits per heavy atom. The van der Waals surface area contributed by atoms with Gasteiger partial charge in [0.15, 0.2) is 5.11 Å². The minimum Gasteiger partial charge on any atom is -0.415 e. The Balaban J connectivity index is 1.39. The molecule has 5 rings (SSSR count). The Bertz CT molecular complexity index is 1280. The van der Waals surface area contributed by atoms with Crippen molar-refractivity contribution in [2.24, 2.45) is 5.41 Å². The summed E-state index contributed by atoms with van der Waals surface area (Å²) in [6.07, 6.45) is -2.90. The number of nitrogens with zero attached hydrogens (tertiary/aromatic N) is 5. The lowest BCUT2D eigenvalue weighted by Gasteiger charge is -2.60. The molecule has 1 aromatic heterocycles. The first-order valence-corrected chi connectivity index (χ1v) is 11.9. The van der Waals surface area contributed by atoms with Crippen molar-refractivity contribution >= 4 is 46.2 Å². The van der Waals surface area contributed by atoms with Crippen LogP contribution < -0.4 is 4.90 Å². The van der Waals surface area contributed by atoms with Crippen molar-refractivity contribution in [2.45, 2.75) is 13.0 Å². The van der Waals surface area contributed by atoms with Crippen LogP contribution in [-0.4, -0.2) is 58.3 Å². The molecule has 2 saturated heterocycles. The van der Waals surface area contributed by atoms with Crippen molar-refractivity contribution in [3.8, 4) is 11.5 Å². The number of hydrogen-bond acceptors (Lipinski definition) is 5. The van der Waals surface area contributed by atoms with Gasteiger partial charge in [0.1, 0.15) is 5.82 Å². The second kappa shape index (κ2) is 9.24. The normalized spacial score (nSPS) is 16.9. The number of thiocarbonyl (C=S) groups is 1. The van der Waals surface area contributed by atoms with Gasteiger partial charge in [0.25, 0.3) is 5.89 Å². The third kappa shape index (κ3) is 4.72. The Morgan fingerprint density at radius 2 is 1.86 bits per heavy atom. The van der Waals surface area contributed by atoms with Gasteiger partial charge in [-0.1, -0.05) is 29.3 Å². The van der Waals surface area contributed by atoms with Crippen molar-refractivity contribution in [1.29, 1.82) is 0 Å². The van der Waals surface area contributed by atoms with Gasteiger partial charge in [0.05, 0.1) is 16.6 Å². The van der Waals surface area contributed by atoms with E-state index in [0.29, 0.717) is 26.4 Å². The molecule has 0 aliphatic carbocycles. The molecule has 0 N–H and O–H groups in total. The van der Waals surface area contributed by atoms with Crippen LogP contribution in [0.3, 0.4) is 0 Å². The average Bonchev–Trinajstić information content (AvgIpc) is 3.27. The van der Waals surface area contributed by atoms with Crippen molar-refractivity contribution in [1.82, 2.24) is 20.0 Å². The Hall–Kier alpha value is -2.40. The largest absolute Gasteiger partial charge is 0.415 e. The molecule has 6 nitrogen and oxygen atoms in total. The number of rotatable bonds is 5. The lowest BCUT2D eigenvalue weighted by molar-refractivity contribution is -0.0733. The molecule has 35 heavy (non-hydrogen) atoms. The highest BCUT2D eigenvalue weighted by molar-refractivity contribution is 7.80. The van der Waals surface area contributed by atoms with Crippen LogP contribution in [0.4, 0.5) is 18.9 Å². The molecule has 0 amide bonds. The van der Waals surface area contributed by atoms with Crippen LogP contribution >= 0.6 is 35.4 Å². The number of aromatic nitrogens is 2. The van der Waals surface area contributed by atoms with Crippen molar-refractivity contribution in [2.75, 3.05) is 38.1 Å². The van der Waals surface area contributed by atoms with Gasteiger partial charge >= 0.3 is 6.43 Å². The molecule has 0 bridgehead atoms. The quantitative estimate of drug-likeness (QED) is 0.386. The fraction of sp³-hybridized carbons (Fsp3) is 0.348. The summed E-state index contributed by atoms with van der Waals surface area (Å²) in [4.78, 5) is 6.18. The Kier molecular flexibility index (Phi) is 6.41. The molecule has 0 atom stereocenters. The van der Waals surface area contributed by atoms with Crippen LogP contribution in [0.15, 0.2) is 40.8 Å². The zero-order valence-corrected chi connectivity index (χ0v) is 20.8. The molecular formula is C23H20Cl2F3N5OS. The van der Waals surface area contributed by atoms with Gasteiger partial charge in [0.2, 0.25) is 5.89 Å². The minimum absolute atomic E-state index is 0.123. The summed E-state index contributed by atoms with van der Waals surface area (Å²) < 4.78 is 45.6. The van der Waals surface area contributed by atoms with E-state index in [-0.39, 0.29) is 23.4 Å². The SMILES string of the molecule is CN1CC2(C1)CN(C(=S)N(Cc1ccc(-c3nnc(C(F)F)o3)cc1F)c1ccc(Cl)c(Cl)c1)C2. The highest BCUT2D eigenvalue weighted by atomic mass is 35.5. The van der Waals surface area contributed by atoms with E-state index < -0.39 is 18.1 Å². The fourth-order valence-corrected chi connectivity index (χ4v) is 5.30. The van der Waals surface area contributed by atoms with Crippen molar-refractivity contribution < 1.29 is 17.6 Å². The van der Waals surface area contributed by atoms with E-state index in [9.17, 15) is 8.78 Å². The number of benzene rings is 2. The van der Waals surface area contributed by atoms with Crippen LogP contribution in [-0.2, 0) is 6.54 Å². The maximum absolute atomic E-state index is 15.1. The van der Waals surface area contributed by atoms with Gasteiger partial charge in [-0.15, -0.1) is 10.2 Å². The molecule has 3 heterocycles.